The van der Waals surface area contributed by atoms with Crippen LogP contribution in [0.15, 0.2) is 12.3 Å². The van der Waals surface area contributed by atoms with E-state index in [0.717, 1.165) is 24.6 Å². The van der Waals surface area contributed by atoms with Crippen LogP contribution in [0.3, 0.4) is 0 Å². The van der Waals surface area contributed by atoms with Crippen molar-refractivity contribution in [1.29, 1.82) is 0 Å². The highest BCUT2D eigenvalue weighted by atomic mass is 15.0. The highest BCUT2D eigenvalue weighted by Crippen LogP contribution is 2.37. The molecule has 1 aliphatic rings. The molecule has 3 heteroatoms. The zero-order valence-corrected chi connectivity index (χ0v) is 7.95. The molecule has 13 heavy (non-hydrogen) atoms. The zero-order chi connectivity index (χ0) is 9.10. The summed E-state index contributed by atoms with van der Waals surface area (Å²) in [7, 11) is 0. The fraction of sp³-hybridized carbons (Fsp3) is 0.600. The summed E-state index contributed by atoms with van der Waals surface area (Å²) in [6.45, 7) is 3.14. The number of anilines is 1. The molecular formula is C10H15N3. The summed E-state index contributed by atoms with van der Waals surface area (Å²) in [6, 6.07) is 1.93. The first kappa shape index (κ1) is 8.48. The predicted molar refractivity (Wildman–Crippen MR) is 52.8 cm³/mol. The Morgan fingerprint density at radius 3 is 3.08 bits per heavy atom. The lowest BCUT2D eigenvalue weighted by molar-refractivity contribution is 0.908. The third kappa shape index (κ3) is 2.17. The van der Waals surface area contributed by atoms with E-state index < -0.39 is 0 Å². The smallest absolute Gasteiger partial charge is 0.133 e. The minimum absolute atomic E-state index is 0.642. The Morgan fingerprint density at radius 1 is 1.54 bits per heavy atom. The van der Waals surface area contributed by atoms with E-state index in [1.54, 1.807) is 0 Å². The Labute approximate surface area is 78.6 Å². The van der Waals surface area contributed by atoms with Gasteiger partial charge in [0.05, 0.1) is 0 Å². The van der Waals surface area contributed by atoms with E-state index in [1.165, 1.54) is 12.8 Å². The van der Waals surface area contributed by atoms with Crippen molar-refractivity contribution < 1.29 is 0 Å². The second-order valence-corrected chi connectivity index (χ2v) is 3.50. The summed E-state index contributed by atoms with van der Waals surface area (Å²) in [5.41, 5.74) is 0. The van der Waals surface area contributed by atoms with Gasteiger partial charge in [0.25, 0.3) is 0 Å². The molecule has 0 spiro atoms. The molecule has 0 unspecified atom stereocenters. The topological polar surface area (TPSA) is 37.8 Å². The summed E-state index contributed by atoms with van der Waals surface area (Å²) in [6.07, 6.45) is 5.50. The minimum atomic E-state index is 0.642. The highest BCUT2D eigenvalue weighted by molar-refractivity contribution is 5.33. The molecule has 0 atom stereocenters. The molecule has 1 aromatic rings. The van der Waals surface area contributed by atoms with Gasteiger partial charge in [0.15, 0.2) is 0 Å². The summed E-state index contributed by atoms with van der Waals surface area (Å²) >= 11 is 0. The van der Waals surface area contributed by atoms with Crippen LogP contribution >= 0.6 is 0 Å². The molecule has 1 heterocycles. The van der Waals surface area contributed by atoms with Gasteiger partial charge in [0.2, 0.25) is 0 Å². The van der Waals surface area contributed by atoms with Crippen molar-refractivity contribution in [3.8, 4) is 0 Å². The van der Waals surface area contributed by atoms with Crippen LogP contribution in [0.25, 0.3) is 0 Å². The molecule has 0 amide bonds. The van der Waals surface area contributed by atoms with Crippen LogP contribution in [0, 0.1) is 0 Å². The molecule has 1 aromatic heterocycles. The Bertz CT molecular complexity index is 281. The predicted octanol–water partition coefficient (Wildman–Crippen LogP) is 2.18. The van der Waals surface area contributed by atoms with Gasteiger partial charge in [-0.05, 0) is 25.3 Å². The van der Waals surface area contributed by atoms with Gasteiger partial charge in [0.1, 0.15) is 11.6 Å². The summed E-state index contributed by atoms with van der Waals surface area (Å²) in [5, 5.41) is 3.27. The molecule has 3 nitrogen and oxygen atoms in total. The zero-order valence-electron chi connectivity index (χ0n) is 7.95. The van der Waals surface area contributed by atoms with Crippen molar-refractivity contribution in [1.82, 2.24) is 9.97 Å². The third-order valence-electron chi connectivity index (χ3n) is 2.17. The van der Waals surface area contributed by atoms with E-state index in [9.17, 15) is 0 Å². The maximum atomic E-state index is 4.45. The number of nitrogens with zero attached hydrogens (tertiary/aromatic N) is 2. The Hall–Kier alpha value is -1.12. The van der Waals surface area contributed by atoms with Crippen LogP contribution in [0.1, 0.15) is 37.9 Å². The van der Waals surface area contributed by atoms with Gasteiger partial charge < -0.3 is 5.32 Å². The first-order chi connectivity index (χ1) is 6.40. The van der Waals surface area contributed by atoms with Crippen molar-refractivity contribution >= 4 is 5.82 Å². The van der Waals surface area contributed by atoms with Gasteiger partial charge in [0, 0.05) is 18.7 Å². The third-order valence-corrected chi connectivity index (χ3v) is 2.17. The Morgan fingerprint density at radius 2 is 2.38 bits per heavy atom. The van der Waals surface area contributed by atoms with Crippen LogP contribution in [0.4, 0.5) is 5.82 Å². The molecule has 0 aromatic carbocycles. The summed E-state index contributed by atoms with van der Waals surface area (Å²) in [4.78, 5) is 8.71. The second-order valence-electron chi connectivity index (χ2n) is 3.50. The van der Waals surface area contributed by atoms with Crippen LogP contribution in [0.2, 0.25) is 0 Å². The van der Waals surface area contributed by atoms with Gasteiger partial charge >= 0.3 is 0 Å². The maximum Gasteiger partial charge on any atom is 0.133 e. The number of aromatic nitrogens is 2. The summed E-state index contributed by atoms with van der Waals surface area (Å²) in [5.74, 6) is 2.63. The molecule has 2 rings (SSSR count). The van der Waals surface area contributed by atoms with Crippen molar-refractivity contribution in [3.05, 3.63) is 18.1 Å². The number of hydrogen-bond acceptors (Lipinski definition) is 3. The fourth-order valence-corrected chi connectivity index (χ4v) is 1.26. The van der Waals surface area contributed by atoms with Gasteiger partial charge in [-0.25, -0.2) is 9.97 Å². The van der Waals surface area contributed by atoms with Crippen molar-refractivity contribution in [2.45, 2.75) is 32.1 Å². The molecule has 0 bridgehead atoms. The molecule has 0 saturated heterocycles. The largest absolute Gasteiger partial charge is 0.370 e. The molecule has 1 N–H and O–H groups in total. The van der Waals surface area contributed by atoms with Gasteiger partial charge in [-0.15, -0.1) is 0 Å². The Balaban J connectivity index is 2.03. The van der Waals surface area contributed by atoms with E-state index in [4.69, 9.17) is 0 Å². The van der Waals surface area contributed by atoms with Crippen LogP contribution in [-0.4, -0.2) is 16.5 Å². The first-order valence-corrected chi connectivity index (χ1v) is 4.97. The molecule has 0 radical (unpaired) electrons. The molecular weight excluding hydrogens is 162 g/mol. The van der Waals surface area contributed by atoms with Gasteiger partial charge in [-0.2, -0.15) is 0 Å². The number of hydrogen-bond donors (Lipinski definition) is 1. The number of rotatable bonds is 4. The Kier molecular flexibility index (Phi) is 2.43. The lowest BCUT2D eigenvalue weighted by Gasteiger charge is -2.04. The fourth-order valence-electron chi connectivity index (χ4n) is 1.26. The molecule has 70 valence electrons. The molecule has 1 aliphatic carbocycles. The maximum absolute atomic E-state index is 4.45. The lowest BCUT2D eigenvalue weighted by Crippen LogP contribution is -2.03. The van der Waals surface area contributed by atoms with E-state index in [2.05, 4.69) is 22.2 Å². The van der Waals surface area contributed by atoms with E-state index in [0.29, 0.717) is 5.92 Å². The number of nitrogens with one attached hydrogen (secondary N) is 1. The second kappa shape index (κ2) is 3.73. The average molecular weight is 177 g/mol. The van der Waals surface area contributed by atoms with Crippen LogP contribution < -0.4 is 5.32 Å². The van der Waals surface area contributed by atoms with Crippen LogP contribution in [-0.2, 0) is 0 Å². The quantitative estimate of drug-likeness (QED) is 0.766. The lowest BCUT2D eigenvalue weighted by atomic mass is 10.4. The standard InChI is InChI=1S/C10H15N3/c1-2-6-11-9-5-7-12-10(13-9)8-3-4-8/h5,7-8H,2-4,6H2,1H3,(H,11,12,13). The van der Waals surface area contributed by atoms with E-state index >= 15 is 0 Å². The SMILES string of the molecule is CCCNc1ccnc(C2CC2)n1. The van der Waals surface area contributed by atoms with Crippen molar-refractivity contribution in [2.24, 2.45) is 0 Å². The normalized spacial score (nSPS) is 15.8. The van der Waals surface area contributed by atoms with Gasteiger partial charge in [-0.1, -0.05) is 6.92 Å². The molecule has 1 saturated carbocycles. The van der Waals surface area contributed by atoms with Gasteiger partial charge in [-0.3, -0.25) is 0 Å². The first-order valence-electron chi connectivity index (χ1n) is 4.97. The summed E-state index contributed by atoms with van der Waals surface area (Å²) < 4.78 is 0. The average Bonchev–Trinajstić information content (AvgIpc) is 2.98. The monoisotopic (exact) mass is 177 g/mol. The van der Waals surface area contributed by atoms with E-state index in [1.807, 2.05) is 12.3 Å². The van der Waals surface area contributed by atoms with E-state index in [-0.39, 0.29) is 0 Å². The van der Waals surface area contributed by atoms with Crippen molar-refractivity contribution in [2.75, 3.05) is 11.9 Å². The van der Waals surface area contributed by atoms with Crippen LogP contribution in [0.5, 0.6) is 0 Å². The van der Waals surface area contributed by atoms with Crippen molar-refractivity contribution in [3.63, 3.8) is 0 Å². The molecule has 1 fully saturated rings. The minimum Gasteiger partial charge on any atom is -0.370 e. The molecule has 0 aliphatic heterocycles. The highest BCUT2D eigenvalue weighted by Gasteiger charge is 2.26.